The highest BCUT2D eigenvalue weighted by atomic mass is 32.2. The van der Waals surface area contributed by atoms with E-state index in [-0.39, 0.29) is 30.2 Å². The van der Waals surface area contributed by atoms with Crippen molar-refractivity contribution in [3.63, 3.8) is 0 Å². The van der Waals surface area contributed by atoms with E-state index in [9.17, 15) is 23.1 Å². The molecule has 0 heterocycles. The standard InChI is InChI=1S/C29H33N3O7S/c1-29(2,3)25(17-39-40(4,36)37)32-27(33)20-13-14-21(23(15-20)28(34)35)22-7-5-6-8-24(22)38-16-18-9-11-19(12-10-18)26(30)31/h5-15,25H,16-17H2,1-4H3,(H3,30,31)(H,32,33)(H,34,35)/t25-/m1/s1. The SMILES string of the molecule is CC(C)(C)[C@@H](COS(C)(=O)=O)NC(=O)c1ccc(-c2ccccc2OCc2ccc(C(=N)N)cc2)c(C(=O)O)c1. The van der Waals surface area contributed by atoms with Crippen molar-refractivity contribution in [3.8, 4) is 16.9 Å². The average molecular weight is 568 g/mol. The van der Waals surface area contributed by atoms with E-state index in [0.29, 0.717) is 22.4 Å². The Balaban J connectivity index is 1.87. The minimum Gasteiger partial charge on any atom is -0.488 e. The predicted molar refractivity (Wildman–Crippen MR) is 152 cm³/mol. The molecule has 3 aromatic rings. The van der Waals surface area contributed by atoms with Gasteiger partial charge in [-0.2, -0.15) is 8.42 Å². The second kappa shape index (κ2) is 12.3. The maximum absolute atomic E-state index is 13.1. The summed E-state index contributed by atoms with van der Waals surface area (Å²) in [7, 11) is -3.72. The van der Waals surface area contributed by atoms with E-state index in [1.54, 1.807) is 54.6 Å². The molecule has 0 aliphatic carbocycles. The van der Waals surface area contributed by atoms with Gasteiger partial charge in [0.15, 0.2) is 0 Å². The lowest BCUT2D eigenvalue weighted by molar-refractivity contribution is 0.0697. The van der Waals surface area contributed by atoms with Crippen LogP contribution in [0.4, 0.5) is 0 Å². The second-order valence-corrected chi connectivity index (χ2v) is 12.0. The summed E-state index contributed by atoms with van der Waals surface area (Å²) < 4.78 is 33.9. The van der Waals surface area contributed by atoms with E-state index in [0.717, 1.165) is 11.8 Å². The van der Waals surface area contributed by atoms with Crippen molar-refractivity contribution in [3.05, 3.63) is 89.0 Å². The maximum atomic E-state index is 13.1. The van der Waals surface area contributed by atoms with Gasteiger partial charge in [0, 0.05) is 16.7 Å². The third kappa shape index (κ3) is 8.14. The molecule has 0 spiro atoms. The zero-order valence-electron chi connectivity index (χ0n) is 22.7. The second-order valence-electron chi connectivity index (χ2n) is 10.3. The summed E-state index contributed by atoms with van der Waals surface area (Å²) >= 11 is 0. The van der Waals surface area contributed by atoms with Crippen LogP contribution in [-0.2, 0) is 20.9 Å². The Labute approximate surface area is 233 Å². The molecule has 11 heteroatoms. The number of benzene rings is 3. The van der Waals surface area contributed by atoms with Gasteiger partial charge in [0.05, 0.1) is 24.5 Å². The van der Waals surface area contributed by atoms with Gasteiger partial charge in [-0.1, -0.05) is 69.3 Å². The third-order valence-electron chi connectivity index (χ3n) is 6.15. The van der Waals surface area contributed by atoms with Crippen LogP contribution in [0, 0.1) is 10.8 Å². The number of carboxylic acid groups (broad SMARTS) is 1. The summed E-state index contributed by atoms with van der Waals surface area (Å²) in [5.74, 6) is -1.38. The van der Waals surface area contributed by atoms with Crippen LogP contribution < -0.4 is 15.8 Å². The molecule has 0 radical (unpaired) electrons. The maximum Gasteiger partial charge on any atom is 0.336 e. The summed E-state index contributed by atoms with van der Waals surface area (Å²) in [6.07, 6.45) is 0.929. The molecule has 1 amide bonds. The van der Waals surface area contributed by atoms with Crippen molar-refractivity contribution in [1.82, 2.24) is 5.32 Å². The molecule has 40 heavy (non-hydrogen) atoms. The molecule has 0 unspecified atom stereocenters. The number of hydrogen-bond donors (Lipinski definition) is 4. The highest BCUT2D eigenvalue weighted by Crippen LogP contribution is 2.34. The number of rotatable bonds is 11. The fourth-order valence-corrected chi connectivity index (χ4v) is 4.18. The number of hydrogen-bond acceptors (Lipinski definition) is 7. The quantitative estimate of drug-likeness (QED) is 0.153. The molecule has 3 rings (SSSR count). The van der Waals surface area contributed by atoms with Crippen molar-refractivity contribution in [2.45, 2.75) is 33.4 Å². The van der Waals surface area contributed by atoms with Gasteiger partial charge < -0.3 is 20.9 Å². The van der Waals surface area contributed by atoms with Crippen LogP contribution in [0.1, 0.15) is 52.6 Å². The largest absolute Gasteiger partial charge is 0.488 e. The number of carbonyl (C=O) groups is 2. The Morgan fingerprint density at radius 2 is 1.62 bits per heavy atom. The Morgan fingerprint density at radius 1 is 1.00 bits per heavy atom. The van der Waals surface area contributed by atoms with Crippen LogP contribution in [0.2, 0.25) is 0 Å². The lowest BCUT2D eigenvalue weighted by Crippen LogP contribution is -2.47. The van der Waals surface area contributed by atoms with Crippen LogP contribution in [0.15, 0.2) is 66.7 Å². The molecule has 0 aromatic heterocycles. The molecule has 0 aliphatic rings. The molecule has 10 nitrogen and oxygen atoms in total. The Morgan fingerprint density at radius 3 is 2.20 bits per heavy atom. The van der Waals surface area contributed by atoms with Crippen molar-refractivity contribution in [2.75, 3.05) is 12.9 Å². The summed E-state index contributed by atoms with van der Waals surface area (Å²) in [4.78, 5) is 25.3. The summed E-state index contributed by atoms with van der Waals surface area (Å²) in [6, 6.07) is 17.7. The number of para-hydroxylation sites is 1. The number of carbonyl (C=O) groups excluding carboxylic acids is 1. The predicted octanol–water partition coefficient (Wildman–Crippen LogP) is 4.04. The number of ether oxygens (including phenoxy) is 1. The molecule has 0 aliphatic heterocycles. The first-order valence-corrected chi connectivity index (χ1v) is 14.2. The van der Waals surface area contributed by atoms with E-state index < -0.39 is 33.5 Å². The first-order chi connectivity index (χ1) is 18.7. The van der Waals surface area contributed by atoms with Gasteiger partial charge in [-0.15, -0.1) is 0 Å². The van der Waals surface area contributed by atoms with E-state index in [4.69, 9.17) is 20.1 Å². The van der Waals surface area contributed by atoms with Crippen LogP contribution in [0.25, 0.3) is 11.1 Å². The molecule has 1 atom stereocenters. The van der Waals surface area contributed by atoms with Gasteiger partial charge in [-0.05, 0) is 34.7 Å². The van der Waals surface area contributed by atoms with E-state index >= 15 is 0 Å². The first-order valence-electron chi connectivity index (χ1n) is 12.3. The van der Waals surface area contributed by atoms with Crippen molar-refractivity contribution in [2.24, 2.45) is 11.1 Å². The van der Waals surface area contributed by atoms with Crippen LogP contribution >= 0.6 is 0 Å². The summed E-state index contributed by atoms with van der Waals surface area (Å²) in [5, 5.41) is 20.3. The lowest BCUT2D eigenvalue weighted by atomic mass is 9.87. The molecule has 0 fully saturated rings. The molecule has 0 saturated carbocycles. The van der Waals surface area contributed by atoms with Crippen LogP contribution in [0.5, 0.6) is 5.75 Å². The lowest BCUT2D eigenvalue weighted by Gasteiger charge is -2.31. The van der Waals surface area contributed by atoms with Gasteiger partial charge in [0.1, 0.15) is 18.2 Å². The number of amidine groups is 1. The van der Waals surface area contributed by atoms with Gasteiger partial charge in [0.25, 0.3) is 16.0 Å². The smallest absolute Gasteiger partial charge is 0.336 e. The van der Waals surface area contributed by atoms with Gasteiger partial charge >= 0.3 is 5.97 Å². The van der Waals surface area contributed by atoms with Gasteiger partial charge in [0.2, 0.25) is 0 Å². The molecule has 0 saturated heterocycles. The number of amides is 1. The van der Waals surface area contributed by atoms with Crippen molar-refractivity contribution in [1.29, 1.82) is 5.41 Å². The Bertz CT molecular complexity index is 1510. The molecule has 3 aromatic carbocycles. The first kappa shape index (κ1) is 30.3. The Hall–Kier alpha value is -4.22. The average Bonchev–Trinajstić information content (AvgIpc) is 2.88. The number of aromatic carboxylic acids is 1. The molecule has 5 N–H and O–H groups in total. The molecular formula is C29H33N3O7S. The van der Waals surface area contributed by atoms with E-state index in [1.165, 1.54) is 12.1 Å². The van der Waals surface area contributed by atoms with Gasteiger partial charge in [-0.3, -0.25) is 14.4 Å². The third-order valence-corrected chi connectivity index (χ3v) is 6.71. The van der Waals surface area contributed by atoms with Crippen LogP contribution in [0.3, 0.4) is 0 Å². The molecule has 212 valence electrons. The minimum atomic E-state index is -3.72. The number of nitrogens with two attached hydrogens (primary N) is 1. The summed E-state index contributed by atoms with van der Waals surface area (Å²) in [5.41, 5.74) is 7.27. The topological polar surface area (TPSA) is 169 Å². The highest BCUT2D eigenvalue weighted by molar-refractivity contribution is 7.85. The molecule has 0 bridgehead atoms. The van der Waals surface area contributed by atoms with Gasteiger partial charge in [-0.25, -0.2) is 4.79 Å². The van der Waals surface area contributed by atoms with Crippen molar-refractivity contribution < 1.29 is 32.0 Å². The zero-order valence-corrected chi connectivity index (χ0v) is 23.5. The van der Waals surface area contributed by atoms with Crippen molar-refractivity contribution >= 4 is 27.8 Å². The van der Waals surface area contributed by atoms with E-state index in [2.05, 4.69) is 5.32 Å². The normalized spacial score (nSPS) is 12.4. The Kier molecular flexibility index (Phi) is 9.33. The number of nitrogens with one attached hydrogen (secondary N) is 2. The zero-order chi connectivity index (χ0) is 29.7. The fourth-order valence-electron chi connectivity index (χ4n) is 3.80. The summed E-state index contributed by atoms with van der Waals surface area (Å²) in [6.45, 7) is 5.40. The fraction of sp³-hybridized carbons (Fsp3) is 0.276. The molecular weight excluding hydrogens is 534 g/mol. The minimum absolute atomic E-state index is 0.0349. The monoisotopic (exact) mass is 567 g/mol. The number of carboxylic acids is 1. The van der Waals surface area contributed by atoms with E-state index in [1.807, 2.05) is 20.8 Å². The van der Waals surface area contributed by atoms with Crippen LogP contribution in [-0.4, -0.2) is 50.1 Å². The highest BCUT2D eigenvalue weighted by Gasteiger charge is 2.29. The number of nitrogen functional groups attached to an aromatic ring is 1.